The summed E-state index contributed by atoms with van der Waals surface area (Å²) in [6, 6.07) is 2.72. The van der Waals surface area contributed by atoms with Gasteiger partial charge in [-0.1, -0.05) is 0 Å². The summed E-state index contributed by atoms with van der Waals surface area (Å²) in [5.74, 6) is 0.338. The molecule has 3 rings (SSSR count). The Hall–Kier alpha value is -2.51. The van der Waals surface area contributed by atoms with E-state index in [1.807, 2.05) is 0 Å². The lowest BCUT2D eigenvalue weighted by Gasteiger charge is -2.38. The van der Waals surface area contributed by atoms with E-state index in [2.05, 4.69) is 5.32 Å². The number of carbonyl (C=O) groups is 3. The van der Waals surface area contributed by atoms with Crippen LogP contribution in [0.15, 0.2) is 22.8 Å². The second-order valence-electron chi connectivity index (χ2n) is 5.98. The van der Waals surface area contributed by atoms with Crippen molar-refractivity contribution in [3.8, 4) is 0 Å². The number of urea groups is 1. The van der Waals surface area contributed by atoms with E-state index in [0.717, 1.165) is 0 Å². The van der Waals surface area contributed by atoms with Crippen molar-refractivity contribution in [1.29, 1.82) is 0 Å². The number of furan rings is 1. The highest BCUT2D eigenvalue weighted by molar-refractivity contribution is 5.91. The number of hydrogen-bond acceptors (Lipinski definition) is 4. The zero-order valence-electron chi connectivity index (χ0n) is 13.2. The van der Waals surface area contributed by atoms with Crippen LogP contribution in [0, 0.1) is 0 Å². The highest BCUT2D eigenvalue weighted by Crippen LogP contribution is 2.24. The minimum atomic E-state index is -0.484. The fourth-order valence-electron chi connectivity index (χ4n) is 3.17. The van der Waals surface area contributed by atoms with Gasteiger partial charge in [0, 0.05) is 20.1 Å². The largest absolute Gasteiger partial charge is 0.467 e. The van der Waals surface area contributed by atoms with Crippen LogP contribution in [-0.2, 0) is 16.1 Å². The monoisotopic (exact) mass is 320 g/mol. The smallest absolute Gasteiger partial charge is 0.321 e. The van der Waals surface area contributed by atoms with E-state index in [0.29, 0.717) is 25.4 Å². The molecule has 2 aliphatic heterocycles. The zero-order valence-corrected chi connectivity index (χ0v) is 13.2. The molecule has 1 aromatic rings. The van der Waals surface area contributed by atoms with Crippen LogP contribution in [0.3, 0.4) is 0 Å². The van der Waals surface area contributed by atoms with Gasteiger partial charge in [0.05, 0.1) is 18.8 Å². The Bertz CT molecular complexity index is 615. The van der Waals surface area contributed by atoms with E-state index in [4.69, 9.17) is 4.42 Å². The van der Waals surface area contributed by atoms with Gasteiger partial charge in [-0.25, -0.2) is 4.79 Å². The molecule has 3 heterocycles. The summed E-state index contributed by atoms with van der Waals surface area (Å²) < 4.78 is 5.14. The standard InChI is InChI=1S/C15H20N4O4/c1-10-14(21)17(2)7-11-8-18(15(22)19(10)11)9-13(20)16-6-12-4-3-5-23-12/h3-5,10-11H,6-9H2,1-2H3,(H,16,20)/t10-,11+/m0/s1. The third kappa shape index (κ3) is 2.88. The Kier molecular flexibility index (Phi) is 3.97. The molecule has 0 unspecified atom stereocenters. The quantitative estimate of drug-likeness (QED) is 0.837. The first kappa shape index (κ1) is 15.4. The third-order valence-corrected chi connectivity index (χ3v) is 4.33. The van der Waals surface area contributed by atoms with Crippen molar-refractivity contribution in [3.05, 3.63) is 24.2 Å². The number of carbonyl (C=O) groups excluding carboxylic acids is 3. The van der Waals surface area contributed by atoms with Crippen molar-refractivity contribution in [1.82, 2.24) is 20.0 Å². The van der Waals surface area contributed by atoms with E-state index in [9.17, 15) is 14.4 Å². The van der Waals surface area contributed by atoms with Gasteiger partial charge in [0.15, 0.2) is 0 Å². The van der Waals surface area contributed by atoms with E-state index in [1.54, 1.807) is 42.2 Å². The van der Waals surface area contributed by atoms with Crippen LogP contribution in [0.5, 0.6) is 0 Å². The summed E-state index contributed by atoms with van der Waals surface area (Å²) in [6.07, 6.45) is 1.54. The van der Waals surface area contributed by atoms with Crippen LogP contribution in [0.2, 0.25) is 0 Å². The van der Waals surface area contributed by atoms with Gasteiger partial charge in [-0.05, 0) is 19.1 Å². The first-order valence-electron chi connectivity index (χ1n) is 7.58. The lowest BCUT2D eigenvalue weighted by atomic mass is 10.1. The van der Waals surface area contributed by atoms with E-state index < -0.39 is 6.04 Å². The second-order valence-corrected chi connectivity index (χ2v) is 5.98. The maximum Gasteiger partial charge on any atom is 0.321 e. The maximum atomic E-state index is 12.5. The van der Waals surface area contributed by atoms with Crippen LogP contribution >= 0.6 is 0 Å². The molecule has 1 N–H and O–H groups in total. The van der Waals surface area contributed by atoms with Gasteiger partial charge < -0.3 is 24.4 Å². The molecule has 0 aromatic carbocycles. The molecular weight excluding hydrogens is 300 g/mol. The highest BCUT2D eigenvalue weighted by atomic mass is 16.3. The molecular formula is C15H20N4O4. The van der Waals surface area contributed by atoms with Crippen molar-refractivity contribution >= 4 is 17.8 Å². The Balaban J connectivity index is 1.58. The first-order valence-corrected chi connectivity index (χ1v) is 7.58. The summed E-state index contributed by atoms with van der Waals surface area (Å²) in [5, 5.41) is 2.72. The van der Waals surface area contributed by atoms with Crippen molar-refractivity contribution in [2.45, 2.75) is 25.6 Å². The Morgan fingerprint density at radius 3 is 2.87 bits per heavy atom. The molecule has 8 nitrogen and oxygen atoms in total. The van der Waals surface area contributed by atoms with Crippen LogP contribution in [0.1, 0.15) is 12.7 Å². The van der Waals surface area contributed by atoms with Crippen molar-refractivity contribution in [3.63, 3.8) is 0 Å². The predicted octanol–water partition coefficient (Wildman–Crippen LogP) is -0.137. The van der Waals surface area contributed by atoms with Gasteiger partial charge in [-0.2, -0.15) is 0 Å². The molecule has 0 spiro atoms. The summed E-state index contributed by atoms with van der Waals surface area (Å²) >= 11 is 0. The van der Waals surface area contributed by atoms with Gasteiger partial charge in [-0.3, -0.25) is 9.59 Å². The average molecular weight is 320 g/mol. The van der Waals surface area contributed by atoms with Gasteiger partial charge in [0.2, 0.25) is 11.8 Å². The number of hydrogen-bond donors (Lipinski definition) is 1. The zero-order chi connectivity index (χ0) is 16.6. The average Bonchev–Trinajstić information content (AvgIpc) is 3.12. The first-order chi connectivity index (χ1) is 11.0. The molecule has 0 saturated carbocycles. The molecule has 2 aliphatic rings. The van der Waals surface area contributed by atoms with Crippen molar-refractivity contribution < 1.29 is 18.8 Å². The SMILES string of the molecule is C[C@H]1C(=O)N(C)C[C@@H]2CN(CC(=O)NCc3ccco3)C(=O)N21. The Labute approximate surface area is 134 Å². The second kappa shape index (κ2) is 5.94. The summed E-state index contributed by atoms with van der Waals surface area (Å²) in [4.78, 5) is 41.2. The lowest BCUT2D eigenvalue weighted by Crippen LogP contribution is -2.58. The van der Waals surface area contributed by atoms with Crippen molar-refractivity contribution in [2.75, 3.05) is 26.7 Å². The number of amides is 4. The molecule has 2 saturated heterocycles. The van der Waals surface area contributed by atoms with Gasteiger partial charge in [0.25, 0.3) is 0 Å². The fraction of sp³-hybridized carbons (Fsp3) is 0.533. The number of fused-ring (bicyclic) bond motifs is 1. The van der Waals surface area contributed by atoms with Gasteiger partial charge in [0.1, 0.15) is 18.3 Å². The normalized spacial score (nSPS) is 24.2. The van der Waals surface area contributed by atoms with Crippen LogP contribution in [-0.4, -0.2) is 71.3 Å². The predicted molar refractivity (Wildman–Crippen MR) is 80.2 cm³/mol. The highest BCUT2D eigenvalue weighted by Gasteiger charge is 2.47. The molecule has 2 fully saturated rings. The van der Waals surface area contributed by atoms with Crippen LogP contribution in [0.4, 0.5) is 4.79 Å². The molecule has 124 valence electrons. The number of likely N-dealkylation sites (N-methyl/N-ethyl adjacent to an activating group) is 1. The molecule has 4 amide bonds. The molecule has 0 radical (unpaired) electrons. The minimum absolute atomic E-state index is 0.0167. The number of nitrogens with one attached hydrogen (secondary N) is 1. The van der Waals surface area contributed by atoms with Crippen LogP contribution in [0.25, 0.3) is 0 Å². The lowest BCUT2D eigenvalue weighted by molar-refractivity contribution is -0.139. The Morgan fingerprint density at radius 2 is 2.17 bits per heavy atom. The minimum Gasteiger partial charge on any atom is -0.467 e. The summed E-state index contributed by atoms with van der Waals surface area (Å²) in [7, 11) is 1.74. The van der Waals surface area contributed by atoms with Gasteiger partial charge >= 0.3 is 6.03 Å². The van der Waals surface area contributed by atoms with E-state index >= 15 is 0 Å². The van der Waals surface area contributed by atoms with Gasteiger partial charge in [-0.15, -0.1) is 0 Å². The van der Waals surface area contributed by atoms with E-state index in [-0.39, 0.29) is 30.4 Å². The topological polar surface area (TPSA) is 86.1 Å². The molecule has 1 aromatic heterocycles. The number of piperazine rings is 1. The number of nitrogens with zero attached hydrogens (tertiary/aromatic N) is 3. The van der Waals surface area contributed by atoms with E-state index in [1.165, 1.54) is 4.90 Å². The molecule has 0 aliphatic carbocycles. The molecule has 0 bridgehead atoms. The fourth-order valence-corrected chi connectivity index (χ4v) is 3.17. The maximum absolute atomic E-state index is 12.5. The third-order valence-electron chi connectivity index (χ3n) is 4.33. The number of rotatable bonds is 4. The summed E-state index contributed by atoms with van der Waals surface area (Å²) in [6.45, 7) is 2.95. The molecule has 2 atom stereocenters. The van der Waals surface area contributed by atoms with Crippen LogP contribution < -0.4 is 5.32 Å². The molecule has 8 heteroatoms. The molecule has 23 heavy (non-hydrogen) atoms. The van der Waals surface area contributed by atoms with Crippen molar-refractivity contribution in [2.24, 2.45) is 0 Å². The summed E-state index contributed by atoms with van der Waals surface area (Å²) in [5.41, 5.74) is 0. The Morgan fingerprint density at radius 1 is 1.39 bits per heavy atom.